The Morgan fingerprint density at radius 3 is 2.54 bits per heavy atom. The minimum absolute atomic E-state index is 0.0956. The third kappa shape index (κ3) is 5.71. The number of nitrogens with two attached hydrogens (primary N) is 1. The largest absolute Gasteiger partial charge is 0.481 e. The number of rotatable bonds is 11. The molecule has 1 aromatic heterocycles. The van der Waals surface area contributed by atoms with Crippen LogP contribution in [0, 0.1) is 0 Å². The molecule has 0 aromatic carbocycles. The van der Waals surface area contributed by atoms with Crippen LogP contribution in [-0.2, 0) is 19.2 Å². The lowest BCUT2D eigenvalue weighted by molar-refractivity contribution is -0.145. The number of hydrogen-bond donors (Lipinski definition) is 2. The minimum Gasteiger partial charge on any atom is -0.481 e. The molecule has 0 bridgehead atoms. The summed E-state index contributed by atoms with van der Waals surface area (Å²) >= 11 is 0. The highest BCUT2D eigenvalue weighted by Gasteiger charge is 2.37. The first kappa shape index (κ1) is 22.2. The number of pyridine rings is 1. The number of aromatic nitrogens is 1. The van der Waals surface area contributed by atoms with E-state index in [-0.39, 0.29) is 30.4 Å². The Bertz CT molecular complexity index is 742. The van der Waals surface area contributed by atoms with Crippen molar-refractivity contribution in [3.63, 3.8) is 0 Å². The van der Waals surface area contributed by atoms with E-state index in [0.29, 0.717) is 17.1 Å². The summed E-state index contributed by atoms with van der Waals surface area (Å²) in [6.45, 7) is 2.00. The van der Waals surface area contributed by atoms with E-state index in [9.17, 15) is 24.3 Å². The molecule has 10 heteroatoms. The third-order valence-electron chi connectivity index (χ3n) is 4.35. The topological polar surface area (TPSA) is 131 Å². The second-order valence-corrected chi connectivity index (χ2v) is 8.74. The molecule has 2 rings (SSSR count). The van der Waals surface area contributed by atoms with E-state index < -0.39 is 23.8 Å². The number of likely N-dealkylation sites (tertiary alicyclic amines) is 1. The second kappa shape index (κ2) is 10.5. The number of hydrogen-bond acceptors (Lipinski definition) is 7. The van der Waals surface area contributed by atoms with Crippen molar-refractivity contribution in [3.8, 4) is 0 Å². The fourth-order valence-electron chi connectivity index (χ4n) is 2.86. The number of nitrogens with zero attached hydrogens (tertiary/aromatic N) is 2. The molecule has 0 radical (unpaired) electrons. The molecule has 2 heterocycles. The Morgan fingerprint density at radius 2 is 1.96 bits per heavy atom. The molecule has 1 fully saturated rings. The van der Waals surface area contributed by atoms with Crippen LogP contribution in [0.1, 0.15) is 50.6 Å². The number of carboxylic acids is 1. The van der Waals surface area contributed by atoms with Gasteiger partial charge in [0, 0.05) is 18.6 Å². The van der Waals surface area contributed by atoms with Gasteiger partial charge in [-0.05, 0) is 29.3 Å². The van der Waals surface area contributed by atoms with E-state index in [2.05, 4.69) is 4.98 Å². The van der Waals surface area contributed by atoms with Crippen molar-refractivity contribution in [3.05, 3.63) is 23.9 Å². The van der Waals surface area contributed by atoms with Gasteiger partial charge in [0.05, 0.1) is 11.6 Å². The fraction of sp³-hybridized carbons (Fsp3) is 0.500. The van der Waals surface area contributed by atoms with Gasteiger partial charge in [0.15, 0.2) is 0 Å². The summed E-state index contributed by atoms with van der Waals surface area (Å²) in [4.78, 5) is 52.3. The number of aliphatic carboxylic acids is 1. The molecule has 0 aliphatic carbocycles. The Labute approximate surface area is 171 Å². The van der Waals surface area contributed by atoms with Gasteiger partial charge in [0.25, 0.3) is 0 Å². The van der Waals surface area contributed by atoms with E-state index >= 15 is 0 Å². The number of imide groups is 1. The number of amides is 3. The maximum atomic E-state index is 11.8. The predicted molar refractivity (Wildman–Crippen MR) is 107 cm³/mol. The van der Waals surface area contributed by atoms with Gasteiger partial charge in [0.1, 0.15) is 11.1 Å². The summed E-state index contributed by atoms with van der Waals surface area (Å²) in [5.41, 5.74) is 5.86. The summed E-state index contributed by atoms with van der Waals surface area (Å²) < 4.78 is 0. The van der Waals surface area contributed by atoms with Crippen LogP contribution in [0.3, 0.4) is 0 Å². The van der Waals surface area contributed by atoms with Gasteiger partial charge in [-0.15, -0.1) is 0 Å². The van der Waals surface area contributed by atoms with E-state index in [1.54, 1.807) is 18.2 Å². The molecule has 3 N–H and O–H groups in total. The maximum Gasteiger partial charge on any atom is 0.312 e. The van der Waals surface area contributed by atoms with Crippen molar-refractivity contribution >= 4 is 45.3 Å². The molecule has 3 amide bonds. The Kier molecular flexibility index (Phi) is 8.31. The van der Waals surface area contributed by atoms with Crippen LogP contribution in [0.5, 0.6) is 0 Å². The highest BCUT2D eigenvalue weighted by molar-refractivity contribution is 8.76. The van der Waals surface area contributed by atoms with E-state index in [1.165, 1.54) is 21.6 Å². The van der Waals surface area contributed by atoms with Gasteiger partial charge < -0.3 is 10.8 Å². The number of carboxylic acid groups (broad SMARTS) is 1. The van der Waals surface area contributed by atoms with Gasteiger partial charge in [-0.1, -0.05) is 36.6 Å². The molecular weight excluding hydrogens is 402 g/mol. The molecule has 1 aliphatic rings. The summed E-state index contributed by atoms with van der Waals surface area (Å²) in [7, 11) is 2.49. The first-order valence-electron chi connectivity index (χ1n) is 8.98. The van der Waals surface area contributed by atoms with Crippen LogP contribution >= 0.6 is 21.6 Å². The molecule has 152 valence electrons. The number of carbonyl (C=O) groups excluding carboxylic acids is 3. The summed E-state index contributed by atoms with van der Waals surface area (Å²) in [6, 6.07) is 4.17. The molecular formula is C18H23N3O5S2. The minimum atomic E-state index is -1.00. The molecule has 2 unspecified atom stereocenters. The van der Waals surface area contributed by atoms with Crippen molar-refractivity contribution in [1.29, 1.82) is 0 Å². The molecule has 1 aromatic rings. The van der Waals surface area contributed by atoms with E-state index in [1.807, 2.05) is 6.92 Å². The first-order chi connectivity index (χ1) is 13.3. The zero-order chi connectivity index (χ0) is 20.7. The summed E-state index contributed by atoms with van der Waals surface area (Å²) in [5.74, 6) is -2.94. The summed E-state index contributed by atoms with van der Waals surface area (Å²) in [5, 5.41) is 10.0. The number of carbonyl (C=O) groups is 4. The first-order valence-corrected chi connectivity index (χ1v) is 11.3. The normalized spacial score (nSPS) is 16.2. The highest BCUT2D eigenvalue weighted by atomic mass is 33.1. The van der Waals surface area contributed by atoms with Crippen molar-refractivity contribution < 1.29 is 24.3 Å². The molecule has 28 heavy (non-hydrogen) atoms. The van der Waals surface area contributed by atoms with Crippen LogP contribution in [0.15, 0.2) is 23.2 Å². The van der Waals surface area contributed by atoms with Crippen molar-refractivity contribution in [2.45, 2.75) is 56.0 Å². The lowest BCUT2D eigenvalue weighted by Crippen LogP contribution is -2.48. The predicted octanol–water partition coefficient (Wildman–Crippen LogP) is 2.18. The van der Waals surface area contributed by atoms with Crippen molar-refractivity contribution in [1.82, 2.24) is 9.88 Å². The van der Waals surface area contributed by atoms with Gasteiger partial charge in [-0.2, -0.15) is 0 Å². The lowest BCUT2D eigenvalue weighted by Gasteiger charge is -2.22. The van der Waals surface area contributed by atoms with E-state index in [4.69, 9.17) is 5.73 Å². The van der Waals surface area contributed by atoms with Gasteiger partial charge in [0.2, 0.25) is 17.7 Å². The number of unbranched alkanes of at least 4 members (excludes halogenated alkanes) is 1. The number of primary amides is 1. The fourth-order valence-corrected chi connectivity index (χ4v) is 5.00. The lowest BCUT2D eigenvalue weighted by atomic mass is 9.98. The van der Waals surface area contributed by atoms with E-state index in [0.717, 1.165) is 17.7 Å². The highest BCUT2D eigenvalue weighted by Crippen LogP contribution is 2.33. The smallest absolute Gasteiger partial charge is 0.312 e. The molecule has 0 saturated carbocycles. The maximum absolute atomic E-state index is 11.8. The zero-order valence-corrected chi connectivity index (χ0v) is 17.1. The average molecular weight is 426 g/mol. The van der Waals surface area contributed by atoms with Crippen molar-refractivity contribution in [2.24, 2.45) is 5.73 Å². The molecule has 2 atom stereocenters. The quantitative estimate of drug-likeness (QED) is 0.407. The average Bonchev–Trinajstić information content (AvgIpc) is 2.97. The Balaban J connectivity index is 2.01. The Morgan fingerprint density at radius 1 is 1.29 bits per heavy atom. The van der Waals surface area contributed by atoms with Crippen LogP contribution < -0.4 is 5.73 Å². The molecule has 1 aliphatic heterocycles. The van der Waals surface area contributed by atoms with Crippen LogP contribution in [0.2, 0.25) is 0 Å². The summed E-state index contributed by atoms with van der Waals surface area (Å²) in [6.07, 6.45) is 2.40. The van der Waals surface area contributed by atoms with Crippen LogP contribution in [0.25, 0.3) is 0 Å². The standard InChI is InChI=1S/C18H23N3O5S2/c1-2-3-5-11(18(25)26)12-6-4-7-14(20-12)28-27-10-13(17(19)24)21-15(22)8-9-16(21)23/h4,6-7,11,13H,2-3,5,8-10H2,1H3,(H2,19,24)(H,25,26). The molecule has 1 saturated heterocycles. The Hall–Kier alpha value is -2.07. The van der Waals surface area contributed by atoms with Crippen LogP contribution in [-0.4, -0.2) is 50.5 Å². The van der Waals surface area contributed by atoms with Crippen LogP contribution in [0.4, 0.5) is 0 Å². The zero-order valence-electron chi connectivity index (χ0n) is 15.5. The van der Waals surface area contributed by atoms with Crippen molar-refractivity contribution in [2.75, 3.05) is 5.75 Å². The monoisotopic (exact) mass is 425 g/mol. The van der Waals surface area contributed by atoms with Gasteiger partial charge in [-0.25, -0.2) is 4.98 Å². The van der Waals surface area contributed by atoms with Gasteiger partial charge in [-0.3, -0.25) is 24.1 Å². The molecule has 0 spiro atoms. The van der Waals surface area contributed by atoms with Gasteiger partial charge >= 0.3 is 5.97 Å². The third-order valence-corrected chi connectivity index (χ3v) is 6.59. The SMILES string of the molecule is CCCCC(C(=O)O)c1cccc(SSCC(C(N)=O)N2C(=O)CCC2=O)n1. The molecule has 8 nitrogen and oxygen atoms in total. The second-order valence-electron chi connectivity index (χ2n) is 6.38.